The second-order valence-electron chi connectivity index (χ2n) is 5.91. The topological polar surface area (TPSA) is 29.5 Å². The van der Waals surface area contributed by atoms with Crippen LogP contribution in [-0.2, 0) is 37.5 Å². The molecule has 109 valence electrons. The average molecular weight is 367 g/mol. The molecule has 2 atom stereocenters. The van der Waals surface area contributed by atoms with E-state index >= 15 is 0 Å². The summed E-state index contributed by atoms with van der Waals surface area (Å²) in [5.41, 5.74) is 3.27. The molecule has 1 saturated heterocycles. The van der Waals surface area contributed by atoms with Crippen molar-refractivity contribution in [3.05, 3.63) is 59.2 Å². The number of amides is 1. The summed E-state index contributed by atoms with van der Waals surface area (Å²) in [6.45, 7) is 2.80. The van der Waals surface area contributed by atoms with Gasteiger partial charge < -0.3 is 9.64 Å². The van der Waals surface area contributed by atoms with Crippen molar-refractivity contribution >= 4 is 5.91 Å². The molecule has 4 rings (SSSR count). The van der Waals surface area contributed by atoms with Crippen LogP contribution in [0.25, 0.3) is 0 Å². The van der Waals surface area contributed by atoms with Gasteiger partial charge in [0, 0.05) is 63.9 Å². The summed E-state index contributed by atoms with van der Waals surface area (Å²) in [5, 5.41) is 0. The molecule has 22 heavy (non-hydrogen) atoms. The molecule has 0 aliphatic carbocycles. The predicted molar refractivity (Wildman–Crippen MR) is 79.7 cm³/mol. The Kier molecular flexibility index (Phi) is 4.13. The van der Waals surface area contributed by atoms with Crippen LogP contribution in [0.3, 0.4) is 0 Å². The van der Waals surface area contributed by atoms with Crippen molar-refractivity contribution in [2.24, 2.45) is 0 Å². The van der Waals surface area contributed by atoms with E-state index in [0.717, 1.165) is 29.2 Å². The molecule has 2 aromatic carbocycles. The average Bonchev–Trinajstić information content (AvgIpc) is 2.70. The van der Waals surface area contributed by atoms with Crippen LogP contribution in [0.4, 0.5) is 0 Å². The van der Waals surface area contributed by atoms with Gasteiger partial charge in [-0.3, -0.25) is 4.79 Å². The van der Waals surface area contributed by atoms with E-state index in [0.29, 0.717) is 0 Å². The molecule has 0 aromatic heterocycles. The summed E-state index contributed by atoms with van der Waals surface area (Å²) < 4.78 is 6.09. The fraction of sp³-hybridized carbons (Fsp3) is 0.278. The summed E-state index contributed by atoms with van der Waals surface area (Å²) in [7, 11) is 1.87. The van der Waals surface area contributed by atoms with E-state index in [1.54, 1.807) is 0 Å². The second kappa shape index (κ2) is 5.79. The molecular weight excluding hydrogens is 351 g/mol. The molecular formula is C18H16NO2Y-. The molecule has 1 amide bonds. The van der Waals surface area contributed by atoms with E-state index in [-0.39, 0.29) is 50.5 Å². The van der Waals surface area contributed by atoms with E-state index in [2.05, 4.69) is 19.1 Å². The Balaban J connectivity index is 0.00000144. The number of hydrogen-bond acceptors (Lipinski definition) is 2. The summed E-state index contributed by atoms with van der Waals surface area (Å²) >= 11 is 0. The quantitative estimate of drug-likeness (QED) is 0.669. The molecule has 0 N–H and O–H groups in total. The first kappa shape index (κ1) is 15.7. The number of carbonyl (C=O) groups excluding carboxylic acids is 1. The molecule has 2 aliphatic rings. The van der Waals surface area contributed by atoms with Crippen molar-refractivity contribution in [3.8, 4) is 11.5 Å². The minimum atomic E-state index is -0.162. The SMILES string of the molecule is Cc1ccc2c(c1)[C@H]1CN(C)C(=O)[C@@H]1c1c[c-]ccc1O2.[Y]. The van der Waals surface area contributed by atoms with Crippen molar-refractivity contribution in [3.63, 3.8) is 0 Å². The third-order valence-electron chi connectivity index (χ3n) is 4.49. The maximum atomic E-state index is 12.6. The Bertz CT molecular complexity index is 744. The van der Waals surface area contributed by atoms with Gasteiger partial charge in [-0.2, -0.15) is 18.2 Å². The number of hydrogen-bond donors (Lipinski definition) is 0. The summed E-state index contributed by atoms with van der Waals surface area (Å²) in [6.07, 6.45) is 0. The first-order valence-electron chi connectivity index (χ1n) is 7.18. The zero-order valence-electron chi connectivity index (χ0n) is 12.7. The Morgan fingerprint density at radius 3 is 2.82 bits per heavy atom. The molecule has 0 unspecified atom stereocenters. The van der Waals surface area contributed by atoms with E-state index in [4.69, 9.17) is 4.74 Å². The standard InChI is InChI=1S/C18H16NO2.Y/c1-11-7-8-16-13(9-11)14-10-19(2)18(20)17(14)12-5-3-4-6-15(12)21-16;/h4-9,14,17H,10H2,1-2H3;/q-1;/t14-,17-;/m1./s1. The predicted octanol–water partition coefficient (Wildman–Crippen LogP) is 3.24. The third kappa shape index (κ3) is 2.31. The Labute approximate surface area is 155 Å². The van der Waals surface area contributed by atoms with Crippen LogP contribution in [0.1, 0.15) is 28.5 Å². The largest absolute Gasteiger partial charge is 0.482 e. The summed E-state index contributed by atoms with van der Waals surface area (Å²) in [6, 6.07) is 14.9. The van der Waals surface area contributed by atoms with Gasteiger partial charge >= 0.3 is 0 Å². The summed E-state index contributed by atoms with van der Waals surface area (Å²) in [4.78, 5) is 14.4. The number of benzene rings is 2. The number of likely N-dealkylation sites (tertiary alicyclic amines) is 1. The van der Waals surface area contributed by atoms with Gasteiger partial charge in [0.2, 0.25) is 5.91 Å². The van der Waals surface area contributed by atoms with Gasteiger partial charge in [-0.05, 0) is 18.6 Å². The van der Waals surface area contributed by atoms with Crippen molar-refractivity contribution < 1.29 is 42.2 Å². The fourth-order valence-corrected chi connectivity index (χ4v) is 3.46. The van der Waals surface area contributed by atoms with Crippen LogP contribution in [0.2, 0.25) is 0 Å². The number of carbonyl (C=O) groups is 1. The summed E-state index contributed by atoms with van der Waals surface area (Å²) in [5.74, 6) is 1.79. The fourth-order valence-electron chi connectivity index (χ4n) is 3.46. The minimum absolute atomic E-state index is 0. The third-order valence-corrected chi connectivity index (χ3v) is 4.49. The maximum absolute atomic E-state index is 12.6. The Morgan fingerprint density at radius 2 is 2.00 bits per heavy atom. The normalized spacial score (nSPS) is 21.9. The molecule has 4 heteroatoms. The zero-order valence-corrected chi connectivity index (χ0v) is 15.5. The number of likely N-dealkylation sites (N-methyl/N-ethyl adjacent to an activating group) is 1. The Morgan fingerprint density at radius 1 is 1.23 bits per heavy atom. The number of aryl methyl sites for hydroxylation is 1. The maximum Gasteiger partial charge on any atom is 0.219 e. The second-order valence-corrected chi connectivity index (χ2v) is 5.91. The van der Waals surface area contributed by atoms with Crippen molar-refractivity contribution in [2.75, 3.05) is 13.6 Å². The molecule has 1 fully saturated rings. The van der Waals surface area contributed by atoms with Crippen LogP contribution >= 0.6 is 0 Å². The minimum Gasteiger partial charge on any atom is -0.482 e. The molecule has 2 heterocycles. The van der Waals surface area contributed by atoms with Crippen molar-refractivity contribution in [2.45, 2.75) is 18.8 Å². The molecule has 2 aromatic rings. The molecule has 0 saturated carbocycles. The van der Waals surface area contributed by atoms with E-state index in [1.807, 2.05) is 42.3 Å². The van der Waals surface area contributed by atoms with Gasteiger partial charge in [-0.25, -0.2) is 0 Å². The molecule has 3 nitrogen and oxygen atoms in total. The zero-order chi connectivity index (χ0) is 14.6. The van der Waals surface area contributed by atoms with Crippen LogP contribution in [-0.4, -0.2) is 24.4 Å². The molecule has 0 spiro atoms. The first-order chi connectivity index (χ1) is 10.1. The van der Waals surface area contributed by atoms with Gasteiger partial charge in [0.15, 0.2) is 0 Å². The van der Waals surface area contributed by atoms with Crippen LogP contribution < -0.4 is 4.74 Å². The molecule has 0 bridgehead atoms. The van der Waals surface area contributed by atoms with Gasteiger partial charge in [0.25, 0.3) is 0 Å². The van der Waals surface area contributed by atoms with Crippen molar-refractivity contribution in [1.82, 2.24) is 4.90 Å². The van der Waals surface area contributed by atoms with Gasteiger partial charge in [-0.15, -0.1) is 11.6 Å². The first-order valence-corrected chi connectivity index (χ1v) is 7.18. The number of rotatable bonds is 0. The van der Waals surface area contributed by atoms with Crippen molar-refractivity contribution in [1.29, 1.82) is 0 Å². The van der Waals surface area contributed by atoms with Gasteiger partial charge in [-0.1, -0.05) is 17.7 Å². The van der Waals surface area contributed by atoms with Crippen LogP contribution in [0, 0.1) is 13.0 Å². The number of nitrogens with zero attached hydrogens (tertiary/aromatic N) is 1. The smallest absolute Gasteiger partial charge is 0.219 e. The number of ether oxygens (including phenoxy) is 1. The number of fused-ring (bicyclic) bond motifs is 5. The van der Waals surface area contributed by atoms with Gasteiger partial charge in [0.05, 0.1) is 0 Å². The van der Waals surface area contributed by atoms with E-state index in [1.165, 1.54) is 5.56 Å². The monoisotopic (exact) mass is 367 g/mol. The molecule has 1 radical (unpaired) electrons. The van der Waals surface area contributed by atoms with Crippen LogP contribution in [0.5, 0.6) is 11.5 Å². The van der Waals surface area contributed by atoms with Gasteiger partial charge in [0.1, 0.15) is 5.75 Å². The Hall–Kier alpha value is -1.19. The van der Waals surface area contributed by atoms with E-state index < -0.39 is 0 Å². The van der Waals surface area contributed by atoms with E-state index in [9.17, 15) is 4.79 Å². The van der Waals surface area contributed by atoms with Crippen LogP contribution in [0.15, 0.2) is 36.4 Å². The molecule has 2 aliphatic heterocycles.